The highest BCUT2D eigenvalue weighted by molar-refractivity contribution is 7.47. The van der Waals surface area contributed by atoms with Gasteiger partial charge in [0.1, 0.15) is 12.7 Å². The Balaban J connectivity index is 4.08. The molecular formula is C30H54NO10P. The van der Waals surface area contributed by atoms with E-state index >= 15 is 0 Å². The molecule has 0 heterocycles. The molecule has 0 aliphatic heterocycles. The molecule has 244 valence electrons. The molecule has 0 saturated heterocycles. The van der Waals surface area contributed by atoms with E-state index in [9.17, 15) is 34.1 Å². The van der Waals surface area contributed by atoms with Crippen LogP contribution in [-0.4, -0.2) is 64.9 Å². The number of hydrogen-bond acceptors (Lipinski definition) is 8. The molecule has 0 aromatic rings. The van der Waals surface area contributed by atoms with Gasteiger partial charge in [-0.3, -0.25) is 18.6 Å². The smallest absolute Gasteiger partial charge is 0.472 e. The zero-order valence-electron chi connectivity index (χ0n) is 25.5. The van der Waals surface area contributed by atoms with Gasteiger partial charge in [0.25, 0.3) is 0 Å². The van der Waals surface area contributed by atoms with Crippen LogP contribution in [0.4, 0.5) is 0 Å². The molecule has 42 heavy (non-hydrogen) atoms. The number of ether oxygens (including phenoxy) is 1. The summed E-state index contributed by atoms with van der Waals surface area (Å²) in [5.41, 5.74) is 0. The molecule has 0 aromatic heterocycles. The Labute approximate surface area is 251 Å². The van der Waals surface area contributed by atoms with Gasteiger partial charge >= 0.3 is 19.8 Å². The molecule has 4 N–H and O–H groups in total. The molecule has 1 amide bonds. The molecule has 0 spiro atoms. The van der Waals surface area contributed by atoms with Gasteiger partial charge in [-0.2, -0.15) is 0 Å². The number of phosphoric acid groups is 1. The number of esters is 1. The second-order valence-electron chi connectivity index (χ2n) is 10.3. The average Bonchev–Trinajstić information content (AvgIpc) is 2.95. The summed E-state index contributed by atoms with van der Waals surface area (Å²) in [5.74, 6) is -2.42. The minimum Gasteiger partial charge on any atom is -0.480 e. The van der Waals surface area contributed by atoms with Gasteiger partial charge in [-0.25, -0.2) is 9.36 Å². The van der Waals surface area contributed by atoms with Crippen molar-refractivity contribution in [2.24, 2.45) is 0 Å². The summed E-state index contributed by atoms with van der Waals surface area (Å²) in [6.07, 6.45) is 21.5. The van der Waals surface area contributed by atoms with E-state index < -0.39 is 57.6 Å². The fourth-order valence-electron chi connectivity index (χ4n) is 3.74. The number of carbonyl (C=O) groups excluding carboxylic acids is 2. The summed E-state index contributed by atoms with van der Waals surface area (Å²) in [5, 5.41) is 21.5. The van der Waals surface area contributed by atoms with Gasteiger partial charge in [0, 0.05) is 12.8 Å². The van der Waals surface area contributed by atoms with Gasteiger partial charge in [0.2, 0.25) is 5.91 Å². The van der Waals surface area contributed by atoms with E-state index in [2.05, 4.69) is 48.0 Å². The summed E-state index contributed by atoms with van der Waals surface area (Å²) in [6, 6.07) is -1.55. The van der Waals surface area contributed by atoms with Crippen LogP contribution in [0.25, 0.3) is 0 Å². The quantitative estimate of drug-likeness (QED) is 0.0353. The summed E-state index contributed by atoms with van der Waals surface area (Å²) < 4.78 is 26.3. The van der Waals surface area contributed by atoms with E-state index in [-0.39, 0.29) is 12.8 Å². The molecule has 3 atom stereocenters. The number of rotatable bonds is 28. The predicted molar refractivity (Wildman–Crippen MR) is 162 cm³/mol. The van der Waals surface area contributed by atoms with Gasteiger partial charge in [-0.05, 0) is 38.5 Å². The Morgan fingerprint density at radius 1 is 0.762 bits per heavy atom. The van der Waals surface area contributed by atoms with E-state index in [1.165, 1.54) is 12.8 Å². The van der Waals surface area contributed by atoms with Crippen LogP contribution in [0, 0.1) is 0 Å². The predicted octanol–water partition coefficient (Wildman–Crippen LogP) is 5.99. The SMILES string of the molecule is CCCC/C=C\C/C=C\CCCCCCCC(=O)NC(COP(=O)(O)OCC(O)COC(=O)CCCCCC)C(=O)O. The highest BCUT2D eigenvalue weighted by Gasteiger charge is 2.28. The molecule has 11 nitrogen and oxygen atoms in total. The Morgan fingerprint density at radius 3 is 2.00 bits per heavy atom. The Bertz CT molecular complexity index is 833. The molecular weight excluding hydrogens is 565 g/mol. The maximum Gasteiger partial charge on any atom is 0.472 e. The number of aliphatic hydroxyl groups is 1. The molecule has 0 rings (SSSR count). The van der Waals surface area contributed by atoms with E-state index in [1.807, 2.05) is 0 Å². The number of unbranched alkanes of at least 4 members (excludes halogenated alkanes) is 10. The van der Waals surface area contributed by atoms with Crippen molar-refractivity contribution in [1.29, 1.82) is 0 Å². The van der Waals surface area contributed by atoms with Gasteiger partial charge in [-0.1, -0.05) is 89.5 Å². The second kappa shape index (κ2) is 26.6. The van der Waals surface area contributed by atoms with Crippen LogP contribution < -0.4 is 5.32 Å². The van der Waals surface area contributed by atoms with Crippen LogP contribution in [0.15, 0.2) is 24.3 Å². The number of carboxylic acids is 1. The fraction of sp³-hybridized carbons (Fsp3) is 0.767. The number of carboxylic acid groups (broad SMARTS) is 1. The Morgan fingerprint density at radius 2 is 1.33 bits per heavy atom. The van der Waals surface area contributed by atoms with E-state index in [4.69, 9.17) is 9.26 Å². The zero-order valence-corrected chi connectivity index (χ0v) is 26.4. The average molecular weight is 620 g/mol. The highest BCUT2D eigenvalue weighted by atomic mass is 31.2. The van der Waals surface area contributed by atoms with Gasteiger partial charge in [0.05, 0.1) is 13.2 Å². The first-order valence-corrected chi connectivity index (χ1v) is 16.9. The van der Waals surface area contributed by atoms with Crippen LogP contribution in [0.1, 0.15) is 117 Å². The third-order valence-corrected chi connectivity index (χ3v) is 7.19. The number of amides is 1. The first-order chi connectivity index (χ1) is 20.1. The molecule has 0 aromatic carbocycles. The van der Waals surface area contributed by atoms with Crippen LogP contribution in [0.2, 0.25) is 0 Å². The third-order valence-electron chi connectivity index (χ3n) is 6.24. The first kappa shape index (κ1) is 40.0. The lowest BCUT2D eigenvalue weighted by atomic mass is 10.1. The van der Waals surface area contributed by atoms with Crippen LogP contribution in [-0.2, 0) is 32.7 Å². The normalized spacial score (nSPS) is 14.6. The van der Waals surface area contributed by atoms with Crippen LogP contribution >= 0.6 is 7.82 Å². The van der Waals surface area contributed by atoms with Crippen molar-refractivity contribution in [2.45, 2.75) is 129 Å². The minimum absolute atomic E-state index is 0.130. The largest absolute Gasteiger partial charge is 0.480 e. The van der Waals surface area contributed by atoms with Gasteiger partial charge in [0.15, 0.2) is 6.04 Å². The maximum atomic E-state index is 12.2. The van der Waals surface area contributed by atoms with Crippen LogP contribution in [0.5, 0.6) is 0 Å². The highest BCUT2D eigenvalue weighted by Crippen LogP contribution is 2.43. The lowest BCUT2D eigenvalue weighted by Gasteiger charge is -2.18. The first-order valence-electron chi connectivity index (χ1n) is 15.4. The number of hydrogen-bond donors (Lipinski definition) is 4. The number of nitrogens with one attached hydrogen (secondary N) is 1. The van der Waals surface area contributed by atoms with Gasteiger partial charge < -0.3 is 25.2 Å². The van der Waals surface area contributed by atoms with Crippen molar-refractivity contribution in [3.63, 3.8) is 0 Å². The molecule has 0 aliphatic rings. The molecule has 0 saturated carbocycles. The monoisotopic (exact) mass is 619 g/mol. The number of aliphatic hydroxyl groups excluding tert-OH is 1. The van der Waals surface area contributed by atoms with Crippen molar-refractivity contribution in [2.75, 3.05) is 19.8 Å². The summed E-state index contributed by atoms with van der Waals surface area (Å²) in [4.78, 5) is 45.1. The molecule has 0 radical (unpaired) electrons. The van der Waals surface area contributed by atoms with Crippen molar-refractivity contribution in [1.82, 2.24) is 5.32 Å². The molecule has 3 unspecified atom stereocenters. The second-order valence-corrected chi connectivity index (χ2v) is 11.7. The van der Waals surface area contributed by atoms with Crippen molar-refractivity contribution >= 4 is 25.7 Å². The standard InChI is InChI=1S/C30H54NO10P/c1-3-5-7-9-10-11-12-13-14-15-16-17-18-19-21-28(33)31-27(30(35)36)25-41-42(37,38)40-24-26(32)23-39-29(34)22-20-8-6-4-2/h9-10,12-13,26-27,32H,3-8,11,14-25H2,1-2H3,(H,31,33)(H,35,36)(H,37,38)/b10-9-,13-12-. The lowest BCUT2D eigenvalue weighted by Crippen LogP contribution is -2.43. The summed E-state index contributed by atoms with van der Waals surface area (Å²) >= 11 is 0. The molecule has 0 aliphatic carbocycles. The maximum absolute atomic E-state index is 12.2. The number of aliphatic carboxylic acids is 1. The summed E-state index contributed by atoms with van der Waals surface area (Å²) in [6.45, 7) is 2.33. The number of phosphoric ester groups is 1. The number of allylic oxidation sites excluding steroid dienone is 4. The van der Waals surface area contributed by atoms with Crippen molar-refractivity contribution < 1.29 is 47.8 Å². The van der Waals surface area contributed by atoms with Crippen LogP contribution in [0.3, 0.4) is 0 Å². The van der Waals surface area contributed by atoms with E-state index in [1.54, 1.807) is 0 Å². The molecule has 0 bridgehead atoms. The van der Waals surface area contributed by atoms with Gasteiger partial charge in [-0.15, -0.1) is 0 Å². The van der Waals surface area contributed by atoms with Crippen molar-refractivity contribution in [3.05, 3.63) is 24.3 Å². The lowest BCUT2D eigenvalue weighted by molar-refractivity contribution is -0.147. The zero-order chi connectivity index (χ0) is 31.5. The molecule has 12 heteroatoms. The van der Waals surface area contributed by atoms with E-state index in [0.717, 1.165) is 64.2 Å². The fourth-order valence-corrected chi connectivity index (χ4v) is 4.51. The Kier molecular flexibility index (Phi) is 25.3. The Hall–Kier alpha value is -2.04. The minimum atomic E-state index is -4.73. The topological polar surface area (TPSA) is 169 Å². The molecule has 0 fully saturated rings. The third kappa shape index (κ3) is 25.7. The number of carbonyl (C=O) groups is 3. The van der Waals surface area contributed by atoms with E-state index in [0.29, 0.717) is 12.8 Å². The van der Waals surface area contributed by atoms with Crippen molar-refractivity contribution in [3.8, 4) is 0 Å². The summed E-state index contributed by atoms with van der Waals surface area (Å²) in [7, 11) is -4.73.